The van der Waals surface area contributed by atoms with Crippen molar-refractivity contribution in [3.8, 4) is 0 Å². The zero-order valence-electron chi connectivity index (χ0n) is 14.3. The van der Waals surface area contributed by atoms with Gasteiger partial charge in [0, 0.05) is 11.3 Å². The van der Waals surface area contributed by atoms with Gasteiger partial charge in [-0.15, -0.1) is 0 Å². The van der Waals surface area contributed by atoms with Crippen molar-refractivity contribution in [3.63, 3.8) is 0 Å². The van der Waals surface area contributed by atoms with Crippen LogP contribution in [-0.4, -0.2) is 21.3 Å². The first kappa shape index (κ1) is 18.7. The molecule has 1 aromatic heterocycles. The second kappa shape index (κ2) is 11.3. The highest BCUT2D eigenvalue weighted by Gasteiger charge is 2.14. The standard InChI is InChI=1S/C18H32N2O2/c1-3-4-5-6-7-8-9-10-11-12-13-14-16-15(2)17(18(21)22)20-19-16/h3-14H2,1-2H3,(H,19,20)(H,21,22). The van der Waals surface area contributed by atoms with E-state index in [-0.39, 0.29) is 5.69 Å². The number of aromatic amines is 1. The van der Waals surface area contributed by atoms with Gasteiger partial charge in [0.2, 0.25) is 0 Å². The Morgan fingerprint density at radius 1 is 0.955 bits per heavy atom. The van der Waals surface area contributed by atoms with Gasteiger partial charge in [-0.05, 0) is 19.8 Å². The van der Waals surface area contributed by atoms with Gasteiger partial charge < -0.3 is 5.11 Å². The number of aromatic nitrogens is 2. The van der Waals surface area contributed by atoms with Crippen LogP contribution in [0.3, 0.4) is 0 Å². The van der Waals surface area contributed by atoms with Crippen molar-refractivity contribution in [2.75, 3.05) is 0 Å². The molecule has 0 aliphatic rings. The summed E-state index contributed by atoms with van der Waals surface area (Å²) in [6, 6.07) is 0. The van der Waals surface area contributed by atoms with Gasteiger partial charge in [0.25, 0.3) is 0 Å². The second-order valence-corrected chi connectivity index (χ2v) is 6.27. The third-order valence-electron chi connectivity index (χ3n) is 4.34. The van der Waals surface area contributed by atoms with E-state index in [1.165, 1.54) is 64.2 Å². The molecule has 0 bridgehead atoms. The van der Waals surface area contributed by atoms with E-state index < -0.39 is 5.97 Å². The molecule has 0 amide bonds. The van der Waals surface area contributed by atoms with Crippen LogP contribution in [0.5, 0.6) is 0 Å². The molecular formula is C18H32N2O2. The molecule has 4 heteroatoms. The van der Waals surface area contributed by atoms with Gasteiger partial charge in [-0.2, -0.15) is 5.10 Å². The Labute approximate surface area is 134 Å². The lowest BCUT2D eigenvalue weighted by molar-refractivity contribution is 0.0689. The Kier molecular flexibility index (Phi) is 9.60. The van der Waals surface area contributed by atoms with E-state index in [1.54, 1.807) is 0 Å². The Hall–Kier alpha value is -1.32. The summed E-state index contributed by atoms with van der Waals surface area (Å²) in [5.74, 6) is -0.945. The van der Waals surface area contributed by atoms with Crippen LogP contribution in [0.25, 0.3) is 0 Å². The molecule has 1 aromatic rings. The number of hydrogen-bond donors (Lipinski definition) is 2. The van der Waals surface area contributed by atoms with Crippen LogP contribution in [0.1, 0.15) is 99.3 Å². The molecule has 0 aliphatic carbocycles. The SMILES string of the molecule is CCCCCCCCCCCCCc1[nH]nc(C(=O)O)c1C. The Bertz CT molecular complexity index is 427. The maximum Gasteiger partial charge on any atom is 0.356 e. The molecule has 0 aliphatic heterocycles. The van der Waals surface area contributed by atoms with Gasteiger partial charge in [-0.3, -0.25) is 5.10 Å². The molecule has 126 valence electrons. The number of H-pyrrole nitrogens is 1. The smallest absolute Gasteiger partial charge is 0.356 e. The zero-order valence-corrected chi connectivity index (χ0v) is 14.3. The van der Waals surface area contributed by atoms with Gasteiger partial charge in [-0.25, -0.2) is 4.79 Å². The minimum Gasteiger partial charge on any atom is -0.476 e. The zero-order chi connectivity index (χ0) is 16.2. The molecule has 0 atom stereocenters. The lowest BCUT2D eigenvalue weighted by atomic mass is 10.0. The monoisotopic (exact) mass is 308 g/mol. The molecule has 22 heavy (non-hydrogen) atoms. The van der Waals surface area contributed by atoms with Crippen LogP contribution in [0.4, 0.5) is 0 Å². The first-order valence-corrected chi connectivity index (χ1v) is 8.94. The highest BCUT2D eigenvalue weighted by Crippen LogP contribution is 2.15. The van der Waals surface area contributed by atoms with Gasteiger partial charge >= 0.3 is 5.97 Å². The number of rotatable bonds is 13. The summed E-state index contributed by atoms with van der Waals surface area (Å²) < 4.78 is 0. The van der Waals surface area contributed by atoms with E-state index in [9.17, 15) is 4.79 Å². The lowest BCUT2D eigenvalue weighted by Gasteiger charge is -2.03. The average molecular weight is 308 g/mol. The van der Waals surface area contributed by atoms with Crippen molar-refractivity contribution in [1.82, 2.24) is 10.2 Å². The van der Waals surface area contributed by atoms with Crippen LogP contribution < -0.4 is 0 Å². The Morgan fingerprint density at radius 2 is 1.45 bits per heavy atom. The highest BCUT2D eigenvalue weighted by atomic mass is 16.4. The highest BCUT2D eigenvalue weighted by molar-refractivity contribution is 5.87. The molecule has 0 radical (unpaired) electrons. The number of unbranched alkanes of at least 4 members (excludes halogenated alkanes) is 10. The van der Waals surface area contributed by atoms with Crippen molar-refractivity contribution < 1.29 is 9.90 Å². The third kappa shape index (κ3) is 7.10. The maximum absolute atomic E-state index is 10.9. The van der Waals surface area contributed by atoms with Crippen molar-refractivity contribution in [2.24, 2.45) is 0 Å². The van der Waals surface area contributed by atoms with Gasteiger partial charge in [0.15, 0.2) is 5.69 Å². The first-order valence-electron chi connectivity index (χ1n) is 8.94. The quantitative estimate of drug-likeness (QED) is 0.488. The molecular weight excluding hydrogens is 276 g/mol. The molecule has 0 fully saturated rings. The fourth-order valence-corrected chi connectivity index (χ4v) is 2.85. The summed E-state index contributed by atoms with van der Waals surface area (Å²) in [6.07, 6.45) is 15.5. The summed E-state index contributed by atoms with van der Waals surface area (Å²) in [4.78, 5) is 10.9. The van der Waals surface area contributed by atoms with Gasteiger partial charge in [0.1, 0.15) is 0 Å². The third-order valence-corrected chi connectivity index (χ3v) is 4.34. The maximum atomic E-state index is 10.9. The van der Waals surface area contributed by atoms with E-state index in [0.717, 1.165) is 24.1 Å². The number of nitrogens with one attached hydrogen (secondary N) is 1. The van der Waals surface area contributed by atoms with Crippen molar-refractivity contribution in [1.29, 1.82) is 0 Å². The van der Waals surface area contributed by atoms with Gasteiger partial charge in [0.05, 0.1) is 0 Å². The van der Waals surface area contributed by atoms with E-state index in [4.69, 9.17) is 5.11 Å². The Balaban J connectivity index is 1.99. The van der Waals surface area contributed by atoms with Gasteiger partial charge in [-0.1, -0.05) is 71.1 Å². The molecule has 0 spiro atoms. The van der Waals surface area contributed by atoms with Crippen molar-refractivity contribution in [3.05, 3.63) is 17.0 Å². The molecule has 0 aromatic carbocycles. The van der Waals surface area contributed by atoms with Crippen LogP contribution in [0, 0.1) is 6.92 Å². The van der Waals surface area contributed by atoms with Crippen LogP contribution in [0.2, 0.25) is 0 Å². The molecule has 0 saturated carbocycles. The number of aromatic carboxylic acids is 1. The summed E-state index contributed by atoms with van der Waals surface area (Å²) in [5.41, 5.74) is 1.94. The minimum absolute atomic E-state index is 0.165. The van der Waals surface area contributed by atoms with E-state index in [2.05, 4.69) is 17.1 Å². The van der Waals surface area contributed by atoms with E-state index >= 15 is 0 Å². The predicted molar refractivity (Wildman–Crippen MR) is 90.4 cm³/mol. The fourth-order valence-electron chi connectivity index (χ4n) is 2.85. The number of carboxylic acid groups (broad SMARTS) is 1. The van der Waals surface area contributed by atoms with Crippen molar-refractivity contribution >= 4 is 5.97 Å². The summed E-state index contributed by atoms with van der Waals surface area (Å²) in [6.45, 7) is 4.09. The average Bonchev–Trinajstić information content (AvgIpc) is 2.86. The van der Waals surface area contributed by atoms with Crippen molar-refractivity contribution in [2.45, 2.75) is 90.9 Å². The van der Waals surface area contributed by atoms with E-state index in [0.29, 0.717) is 0 Å². The molecule has 2 N–H and O–H groups in total. The van der Waals surface area contributed by atoms with Crippen LogP contribution >= 0.6 is 0 Å². The molecule has 1 rings (SSSR count). The minimum atomic E-state index is -0.945. The van der Waals surface area contributed by atoms with E-state index in [1.807, 2.05) is 6.92 Å². The van der Waals surface area contributed by atoms with Crippen LogP contribution in [0.15, 0.2) is 0 Å². The fraction of sp³-hybridized carbons (Fsp3) is 0.778. The normalized spacial score (nSPS) is 11.0. The number of hydrogen-bond acceptors (Lipinski definition) is 2. The number of nitrogens with zero attached hydrogens (tertiary/aromatic N) is 1. The predicted octanol–water partition coefficient (Wildman–Crippen LogP) is 5.27. The number of carbonyl (C=O) groups is 1. The Morgan fingerprint density at radius 3 is 1.91 bits per heavy atom. The van der Waals surface area contributed by atoms with Crippen LogP contribution in [-0.2, 0) is 6.42 Å². The number of carboxylic acids is 1. The topological polar surface area (TPSA) is 66.0 Å². The summed E-state index contributed by atoms with van der Waals surface area (Å²) in [7, 11) is 0. The largest absolute Gasteiger partial charge is 0.476 e. The molecule has 1 heterocycles. The molecule has 0 saturated heterocycles. The lowest BCUT2D eigenvalue weighted by Crippen LogP contribution is -1.99. The summed E-state index contributed by atoms with van der Waals surface area (Å²) in [5, 5.41) is 15.7. The summed E-state index contributed by atoms with van der Waals surface area (Å²) >= 11 is 0. The second-order valence-electron chi connectivity index (χ2n) is 6.27. The molecule has 4 nitrogen and oxygen atoms in total. The molecule has 0 unspecified atom stereocenters. The first-order chi connectivity index (χ1) is 10.7. The number of aryl methyl sites for hydroxylation is 1.